The highest BCUT2D eigenvalue weighted by molar-refractivity contribution is 7.99. The van der Waals surface area contributed by atoms with Crippen LogP contribution in [0.3, 0.4) is 0 Å². The summed E-state index contributed by atoms with van der Waals surface area (Å²) >= 11 is 1.59. The van der Waals surface area contributed by atoms with Crippen molar-refractivity contribution in [1.29, 1.82) is 0 Å². The molecule has 0 atom stereocenters. The van der Waals surface area contributed by atoms with Gasteiger partial charge >= 0.3 is 0 Å². The van der Waals surface area contributed by atoms with Gasteiger partial charge in [-0.05, 0) is 46.7 Å². The second kappa shape index (κ2) is 9.79. The summed E-state index contributed by atoms with van der Waals surface area (Å²) in [6.45, 7) is 0.492. The smallest absolute Gasteiger partial charge is 0.262 e. The van der Waals surface area contributed by atoms with E-state index < -0.39 is 0 Å². The van der Waals surface area contributed by atoms with Gasteiger partial charge in [-0.25, -0.2) is 4.98 Å². The molecule has 0 bridgehead atoms. The number of aromatic nitrogens is 6. The quantitative estimate of drug-likeness (QED) is 0.199. The largest absolute Gasteiger partial charge is 0.283 e. The zero-order valence-electron chi connectivity index (χ0n) is 17.9. The summed E-state index contributed by atoms with van der Waals surface area (Å²) in [6.07, 6.45) is 1.58. The second-order valence-electron chi connectivity index (χ2n) is 7.58. The number of benzene rings is 3. The molecule has 0 aliphatic heterocycles. The minimum absolute atomic E-state index is 0.0139. The molecule has 0 unspecified atom stereocenters. The maximum absolute atomic E-state index is 13.3. The van der Waals surface area contributed by atoms with Gasteiger partial charge in [-0.15, -0.1) is 5.10 Å². The fourth-order valence-corrected chi connectivity index (χ4v) is 4.63. The van der Waals surface area contributed by atoms with Crippen LogP contribution in [0, 0.1) is 0 Å². The van der Waals surface area contributed by atoms with Gasteiger partial charge in [0.05, 0.1) is 23.1 Å². The predicted molar refractivity (Wildman–Crippen MR) is 130 cm³/mol. The minimum atomic E-state index is -0.0139. The van der Waals surface area contributed by atoms with Gasteiger partial charge in [0.2, 0.25) is 0 Å². The number of fused-ring (bicyclic) bond motifs is 1. The molecular weight excluding hydrogens is 432 g/mol. The van der Waals surface area contributed by atoms with Gasteiger partial charge in [0.1, 0.15) is 0 Å². The topological polar surface area (TPSA) is 78.5 Å². The van der Waals surface area contributed by atoms with Crippen LogP contribution in [0.2, 0.25) is 0 Å². The van der Waals surface area contributed by atoms with E-state index in [0.29, 0.717) is 11.9 Å². The third-order valence-electron chi connectivity index (χ3n) is 5.32. The van der Waals surface area contributed by atoms with Crippen LogP contribution in [-0.4, -0.2) is 35.5 Å². The summed E-state index contributed by atoms with van der Waals surface area (Å²) in [6, 6.07) is 27.4. The van der Waals surface area contributed by atoms with Gasteiger partial charge in [0.15, 0.2) is 11.0 Å². The molecule has 0 N–H and O–H groups in total. The zero-order chi connectivity index (χ0) is 22.5. The summed E-state index contributed by atoms with van der Waals surface area (Å²) in [5.41, 5.74) is 2.72. The molecule has 2 aromatic heterocycles. The normalized spacial score (nSPS) is 11.2. The Morgan fingerprint density at radius 3 is 2.39 bits per heavy atom. The average Bonchev–Trinajstić information content (AvgIpc) is 3.34. The van der Waals surface area contributed by atoms with Crippen molar-refractivity contribution in [2.45, 2.75) is 24.5 Å². The molecule has 0 saturated carbocycles. The van der Waals surface area contributed by atoms with Crippen LogP contribution in [0.25, 0.3) is 16.6 Å². The summed E-state index contributed by atoms with van der Waals surface area (Å²) in [5.74, 6) is 1.61. The lowest BCUT2D eigenvalue weighted by atomic mass is 10.2. The van der Waals surface area contributed by atoms with Crippen molar-refractivity contribution < 1.29 is 0 Å². The number of rotatable bonds is 8. The molecule has 0 aliphatic carbocycles. The fraction of sp³-hybridized carbons (Fsp3) is 0.160. The molecule has 0 spiro atoms. The maximum Gasteiger partial charge on any atom is 0.262 e. The number of aryl methyl sites for hydroxylation is 1. The van der Waals surface area contributed by atoms with Crippen molar-refractivity contribution in [3.05, 3.63) is 107 Å². The lowest BCUT2D eigenvalue weighted by Crippen LogP contribution is -2.24. The Hall–Kier alpha value is -3.78. The second-order valence-corrected chi connectivity index (χ2v) is 8.64. The standard InChI is InChI=1S/C25H22N6OS/c32-24-21-14-7-8-15-22(21)26-25(30(24)18-19-10-3-1-4-11-19)33-17-9-16-23-27-28-29-31(23)20-12-5-2-6-13-20/h1-8,10-15H,9,16-18H2. The molecule has 3 aromatic carbocycles. The van der Waals surface area contributed by atoms with E-state index in [2.05, 4.69) is 15.5 Å². The highest BCUT2D eigenvalue weighted by Crippen LogP contribution is 2.20. The van der Waals surface area contributed by atoms with E-state index in [1.165, 1.54) is 0 Å². The summed E-state index contributed by atoms with van der Waals surface area (Å²) in [7, 11) is 0. The molecule has 0 fully saturated rings. The van der Waals surface area contributed by atoms with Crippen LogP contribution in [-0.2, 0) is 13.0 Å². The number of nitrogens with zero attached hydrogens (tertiary/aromatic N) is 6. The first-order valence-electron chi connectivity index (χ1n) is 10.8. The van der Waals surface area contributed by atoms with Crippen LogP contribution in [0.5, 0.6) is 0 Å². The molecule has 8 heteroatoms. The van der Waals surface area contributed by atoms with E-state index in [1.54, 1.807) is 21.0 Å². The van der Waals surface area contributed by atoms with Crippen molar-refractivity contribution in [2.75, 3.05) is 5.75 Å². The van der Waals surface area contributed by atoms with E-state index in [-0.39, 0.29) is 5.56 Å². The van der Waals surface area contributed by atoms with Crippen molar-refractivity contribution in [3.8, 4) is 5.69 Å². The highest BCUT2D eigenvalue weighted by atomic mass is 32.2. The molecule has 2 heterocycles. The molecule has 0 aliphatic rings. The van der Waals surface area contributed by atoms with E-state index >= 15 is 0 Å². The van der Waals surface area contributed by atoms with E-state index in [9.17, 15) is 4.79 Å². The van der Waals surface area contributed by atoms with Gasteiger partial charge in [-0.2, -0.15) is 4.68 Å². The molecule has 5 rings (SSSR count). The highest BCUT2D eigenvalue weighted by Gasteiger charge is 2.13. The monoisotopic (exact) mass is 454 g/mol. The first-order valence-corrected chi connectivity index (χ1v) is 11.8. The molecule has 0 radical (unpaired) electrons. The molecule has 0 saturated heterocycles. The van der Waals surface area contributed by atoms with Crippen LogP contribution in [0.15, 0.2) is 94.9 Å². The Bertz CT molecular complexity index is 1420. The Kier molecular flexibility index (Phi) is 6.25. The zero-order valence-corrected chi connectivity index (χ0v) is 18.7. The summed E-state index contributed by atoms with van der Waals surface area (Å²) in [4.78, 5) is 18.1. The molecular formula is C25H22N6OS. The van der Waals surface area contributed by atoms with E-state index in [1.807, 2.05) is 84.9 Å². The summed E-state index contributed by atoms with van der Waals surface area (Å²) in [5, 5.41) is 13.5. The first-order chi connectivity index (χ1) is 16.3. The van der Waals surface area contributed by atoms with Crippen LogP contribution >= 0.6 is 11.8 Å². The average molecular weight is 455 g/mol. The molecule has 5 aromatic rings. The van der Waals surface area contributed by atoms with Crippen molar-refractivity contribution in [3.63, 3.8) is 0 Å². The number of para-hydroxylation sites is 2. The van der Waals surface area contributed by atoms with Crippen molar-refractivity contribution in [2.24, 2.45) is 0 Å². The molecule has 0 amide bonds. The van der Waals surface area contributed by atoms with Crippen molar-refractivity contribution >= 4 is 22.7 Å². The lowest BCUT2D eigenvalue weighted by Gasteiger charge is -2.13. The third kappa shape index (κ3) is 4.70. The van der Waals surface area contributed by atoms with Crippen LogP contribution in [0.4, 0.5) is 0 Å². The third-order valence-corrected chi connectivity index (χ3v) is 6.38. The van der Waals surface area contributed by atoms with Gasteiger partial charge in [-0.3, -0.25) is 9.36 Å². The van der Waals surface area contributed by atoms with Gasteiger partial charge in [0, 0.05) is 12.2 Å². The number of hydrogen-bond donors (Lipinski definition) is 0. The van der Waals surface area contributed by atoms with Crippen LogP contribution in [0.1, 0.15) is 17.8 Å². The Labute approximate surface area is 195 Å². The molecule has 7 nitrogen and oxygen atoms in total. The maximum atomic E-state index is 13.3. The van der Waals surface area contributed by atoms with E-state index in [4.69, 9.17) is 4.98 Å². The summed E-state index contributed by atoms with van der Waals surface area (Å²) < 4.78 is 3.54. The van der Waals surface area contributed by atoms with Gasteiger partial charge < -0.3 is 0 Å². The Balaban J connectivity index is 1.34. The Morgan fingerprint density at radius 1 is 0.848 bits per heavy atom. The number of thioether (sulfide) groups is 1. The van der Waals surface area contributed by atoms with E-state index in [0.717, 1.165) is 46.3 Å². The van der Waals surface area contributed by atoms with Gasteiger partial charge in [-0.1, -0.05) is 72.4 Å². The number of hydrogen-bond acceptors (Lipinski definition) is 6. The predicted octanol–water partition coefficient (Wildman–Crippen LogP) is 4.15. The van der Waals surface area contributed by atoms with Crippen LogP contribution < -0.4 is 5.56 Å². The SMILES string of the molecule is O=c1c2ccccc2nc(SCCCc2nnnn2-c2ccccc2)n1Cc1ccccc1. The Morgan fingerprint density at radius 2 is 1.58 bits per heavy atom. The minimum Gasteiger partial charge on any atom is -0.283 e. The fourth-order valence-electron chi connectivity index (χ4n) is 3.69. The molecule has 33 heavy (non-hydrogen) atoms. The first kappa shape index (κ1) is 21.1. The van der Waals surface area contributed by atoms with Crippen molar-refractivity contribution in [1.82, 2.24) is 29.8 Å². The number of tetrazole rings is 1. The molecule has 164 valence electrons. The lowest BCUT2D eigenvalue weighted by molar-refractivity contribution is 0.657. The van der Waals surface area contributed by atoms with Gasteiger partial charge in [0.25, 0.3) is 5.56 Å².